The van der Waals surface area contributed by atoms with E-state index in [1.165, 1.54) is 0 Å². The largest absolute Gasteiger partial charge is 0.497 e. The van der Waals surface area contributed by atoms with E-state index in [1.54, 1.807) is 7.11 Å². The van der Waals surface area contributed by atoms with Crippen molar-refractivity contribution in [3.8, 4) is 5.75 Å². The summed E-state index contributed by atoms with van der Waals surface area (Å²) in [6.45, 7) is 0. The third-order valence-electron chi connectivity index (χ3n) is 4.20. The van der Waals surface area contributed by atoms with E-state index in [1.807, 2.05) is 48.5 Å². The van der Waals surface area contributed by atoms with Gasteiger partial charge in [0.05, 0.1) is 19.6 Å². The Morgan fingerprint density at radius 3 is 2.61 bits per heavy atom. The van der Waals surface area contributed by atoms with Crippen molar-refractivity contribution in [2.45, 2.75) is 25.3 Å². The van der Waals surface area contributed by atoms with Crippen LogP contribution in [0.5, 0.6) is 5.75 Å². The van der Waals surface area contributed by atoms with Gasteiger partial charge < -0.3 is 15.8 Å². The highest BCUT2D eigenvalue weighted by molar-refractivity contribution is 5.79. The molecule has 1 aliphatic carbocycles. The lowest BCUT2D eigenvalue weighted by atomic mass is 10.0. The third-order valence-corrected chi connectivity index (χ3v) is 4.20. The molecule has 23 heavy (non-hydrogen) atoms. The van der Waals surface area contributed by atoms with Crippen molar-refractivity contribution in [3.05, 3.63) is 59.7 Å². The summed E-state index contributed by atoms with van der Waals surface area (Å²) in [6.07, 6.45) is 2.68. The first kappa shape index (κ1) is 15.4. The van der Waals surface area contributed by atoms with Crippen LogP contribution in [0.15, 0.2) is 48.5 Å². The Labute approximate surface area is 136 Å². The molecule has 1 atom stereocenters. The fraction of sp³-hybridized carbons (Fsp3) is 0.316. The molecular weight excluding hydrogens is 288 g/mol. The Morgan fingerprint density at radius 2 is 2.00 bits per heavy atom. The summed E-state index contributed by atoms with van der Waals surface area (Å²) in [6, 6.07) is 15.5. The lowest BCUT2D eigenvalue weighted by molar-refractivity contribution is -0.121. The molecule has 0 aromatic heterocycles. The summed E-state index contributed by atoms with van der Waals surface area (Å²) in [5.41, 5.74) is 8.52. The number of nitrogens with two attached hydrogens (primary N) is 1. The van der Waals surface area contributed by atoms with Crippen molar-refractivity contribution in [2.75, 3.05) is 12.8 Å². The smallest absolute Gasteiger partial charge is 0.224 e. The summed E-state index contributed by atoms with van der Waals surface area (Å²) in [5, 5.41) is 3.18. The van der Waals surface area contributed by atoms with Crippen LogP contribution in [0.4, 0.5) is 5.69 Å². The van der Waals surface area contributed by atoms with E-state index in [9.17, 15) is 4.79 Å². The Hall–Kier alpha value is -2.49. The number of amides is 1. The lowest BCUT2D eigenvalue weighted by Crippen LogP contribution is -2.31. The maximum absolute atomic E-state index is 12.4. The predicted octanol–water partition coefficient (Wildman–Crippen LogP) is 3.09. The van der Waals surface area contributed by atoms with Crippen LogP contribution in [0.1, 0.15) is 30.0 Å². The summed E-state index contributed by atoms with van der Waals surface area (Å²) < 4.78 is 5.20. The molecule has 0 radical (unpaired) electrons. The molecule has 4 heteroatoms. The summed E-state index contributed by atoms with van der Waals surface area (Å²) in [5.74, 6) is 1.39. The normalized spacial score (nSPS) is 15.0. The highest BCUT2D eigenvalue weighted by Gasteiger charge is 2.33. The minimum Gasteiger partial charge on any atom is -0.497 e. The maximum atomic E-state index is 12.4. The number of methoxy groups -OCH3 is 1. The van der Waals surface area contributed by atoms with Crippen LogP contribution in [0, 0.1) is 5.92 Å². The highest BCUT2D eigenvalue weighted by atomic mass is 16.5. The predicted molar refractivity (Wildman–Crippen MR) is 91.2 cm³/mol. The summed E-state index contributed by atoms with van der Waals surface area (Å²) >= 11 is 0. The molecule has 1 fully saturated rings. The van der Waals surface area contributed by atoms with Gasteiger partial charge in [-0.05, 0) is 54.2 Å². The number of rotatable bonds is 6. The molecule has 0 aliphatic heterocycles. The number of benzene rings is 2. The van der Waals surface area contributed by atoms with Crippen molar-refractivity contribution in [1.29, 1.82) is 0 Å². The number of carbonyl (C=O) groups is 1. The van der Waals surface area contributed by atoms with Gasteiger partial charge in [0.1, 0.15) is 5.75 Å². The summed E-state index contributed by atoms with van der Waals surface area (Å²) in [4.78, 5) is 12.4. The van der Waals surface area contributed by atoms with Crippen LogP contribution in [0.3, 0.4) is 0 Å². The van der Waals surface area contributed by atoms with Crippen LogP contribution < -0.4 is 15.8 Å². The zero-order valence-corrected chi connectivity index (χ0v) is 13.3. The van der Waals surface area contributed by atoms with Crippen molar-refractivity contribution >= 4 is 11.6 Å². The van der Waals surface area contributed by atoms with Crippen molar-refractivity contribution < 1.29 is 9.53 Å². The average molecular weight is 310 g/mol. The van der Waals surface area contributed by atoms with Crippen molar-refractivity contribution in [3.63, 3.8) is 0 Å². The molecule has 1 aliphatic rings. The first-order valence-corrected chi connectivity index (χ1v) is 7.93. The first-order chi connectivity index (χ1) is 11.2. The Bertz CT molecular complexity index is 678. The molecule has 4 nitrogen and oxygen atoms in total. The van der Waals surface area contributed by atoms with Gasteiger partial charge >= 0.3 is 0 Å². The van der Waals surface area contributed by atoms with E-state index in [0.29, 0.717) is 18.0 Å². The minimum absolute atomic E-state index is 0.0309. The molecule has 3 N–H and O–H groups in total. The van der Waals surface area contributed by atoms with Crippen molar-refractivity contribution in [1.82, 2.24) is 5.32 Å². The average Bonchev–Trinajstić information content (AvgIpc) is 3.37. The topological polar surface area (TPSA) is 64.3 Å². The molecule has 2 aromatic carbocycles. The Balaban J connectivity index is 1.68. The van der Waals surface area contributed by atoms with E-state index >= 15 is 0 Å². The molecule has 1 saturated carbocycles. The zero-order chi connectivity index (χ0) is 16.2. The van der Waals surface area contributed by atoms with Crippen LogP contribution >= 0.6 is 0 Å². The Morgan fingerprint density at radius 1 is 1.26 bits per heavy atom. The molecule has 2 aromatic rings. The SMILES string of the molecule is COc1ccc(C(NC(=O)Cc2cccc(N)c2)C2CC2)cc1. The second-order valence-corrected chi connectivity index (χ2v) is 6.08. The number of hydrogen-bond acceptors (Lipinski definition) is 3. The maximum Gasteiger partial charge on any atom is 0.224 e. The van der Waals surface area contributed by atoms with Crippen LogP contribution in [-0.4, -0.2) is 13.0 Å². The van der Waals surface area contributed by atoms with E-state index in [4.69, 9.17) is 10.5 Å². The number of carbonyl (C=O) groups excluding carboxylic acids is 1. The van der Waals surface area contributed by atoms with E-state index in [0.717, 1.165) is 29.7 Å². The van der Waals surface area contributed by atoms with Gasteiger partial charge in [-0.25, -0.2) is 0 Å². The lowest BCUT2D eigenvalue weighted by Gasteiger charge is -2.19. The standard InChI is InChI=1S/C19H22N2O2/c1-23-17-9-7-15(8-10-17)19(14-5-6-14)21-18(22)12-13-3-2-4-16(20)11-13/h2-4,7-11,14,19H,5-6,12,20H2,1H3,(H,21,22). The van der Waals surface area contributed by atoms with Gasteiger partial charge in [0.15, 0.2) is 0 Å². The molecule has 1 unspecified atom stereocenters. The Kier molecular flexibility index (Phi) is 4.51. The molecule has 0 bridgehead atoms. The number of hydrogen-bond donors (Lipinski definition) is 2. The molecule has 120 valence electrons. The number of ether oxygens (including phenoxy) is 1. The zero-order valence-electron chi connectivity index (χ0n) is 13.3. The third kappa shape index (κ3) is 4.03. The van der Waals surface area contributed by atoms with Gasteiger partial charge in [0, 0.05) is 5.69 Å². The van der Waals surface area contributed by atoms with Gasteiger partial charge in [-0.15, -0.1) is 0 Å². The molecule has 0 saturated heterocycles. The van der Waals surface area contributed by atoms with Gasteiger partial charge in [0.2, 0.25) is 5.91 Å². The van der Waals surface area contributed by atoms with E-state index < -0.39 is 0 Å². The van der Waals surface area contributed by atoms with Crippen molar-refractivity contribution in [2.24, 2.45) is 5.92 Å². The molecule has 3 rings (SSSR count). The van der Waals surface area contributed by atoms with E-state index in [-0.39, 0.29) is 11.9 Å². The molecule has 0 heterocycles. The second kappa shape index (κ2) is 6.73. The number of nitrogen functional groups attached to an aromatic ring is 1. The fourth-order valence-corrected chi connectivity index (χ4v) is 2.83. The van der Waals surface area contributed by atoms with Gasteiger partial charge in [-0.1, -0.05) is 24.3 Å². The molecule has 1 amide bonds. The van der Waals surface area contributed by atoms with Crippen LogP contribution in [-0.2, 0) is 11.2 Å². The fourth-order valence-electron chi connectivity index (χ4n) is 2.83. The van der Waals surface area contributed by atoms with Gasteiger partial charge in [-0.2, -0.15) is 0 Å². The second-order valence-electron chi connectivity index (χ2n) is 6.08. The summed E-state index contributed by atoms with van der Waals surface area (Å²) in [7, 11) is 1.65. The van der Waals surface area contributed by atoms with E-state index in [2.05, 4.69) is 5.32 Å². The van der Waals surface area contributed by atoms with Gasteiger partial charge in [-0.3, -0.25) is 4.79 Å². The molecular formula is C19H22N2O2. The minimum atomic E-state index is 0.0309. The van der Waals surface area contributed by atoms with Crippen LogP contribution in [0.25, 0.3) is 0 Å². The number of nitrogens with one attached hydrogen (secondary N) is 1. The molecule has 0 spiro atoms. The quantitative estimate of drug-likeness (QED) is 0.806. The monoisotopic (exact) mass is 310 g/mol. The van der Waals surface area contributed by atoms with Gasteiger partial charge in [0.25, 0.3) is 0 Å². The van der Waals surface area contributed by atoms with Crippen LogP contribution in [0.2, 0.25) is 0 Å². The number of anilines is 1. The first-order valence-electron chi connectivity index (χ1n) is 7.93. The highest BCUT2D eigenvalue weighted by Crippen LogP contribution is 2.41.